The zero-order valence-electron chi connectivity index (χ0n) is 15.6. The Bertz CT molecular complexity index is 496. The maximum absolute atomic E-state index is 12.5. The molecule has 26 heavy (non-hydrogen) atoms. The van der Waals surface area contributed by atoms with Crippen LogP contribution in [0.15, 0.2) is 0 Å². The van der Waals surface area contributed by atoms with Gasteiger partial charge in [0.15, 0.2) is 0 Å². The van der Waals surface area contributed by atoms with Crippen LogP contribution in [0.25, 0.3) is 0 Å². The molecule has 0 aromatic heterocycles. The van der Waals surface area contributed by atoms with E-state index < -0.39 is 50.3 Å². The summed E-state index contributed by atoms with van der Waals surface area (Å²) >= 11 is 0. The lowest BCUT2D eigenvalue weighted by atomic mass is 9.93. The smallest absolute Gasteiger partial charge is 0.268 e. The predicted octanol–water partition coefficient (Wildman–Crippen LogP) is 0.252. The maximum atomic E-state index is 12.5. The van der Waals surface area contributed by atoms with Crippen LogP contribution in [0.3, 0.4) is 0 Å². The third-order valence-corrected chi connectivity index (χ3v) is 5.39. The van der Waals surface area contributed by atoms with Crippen LogP contribution in [-0.4, -0.2) is 78.0 Å². The van der Waals surface area contributed by atoms with Crippen LogP contribution in [0, 0.1) is 0 Å². The highest BCUT2D eigenvalue weighted by Gasteiger charge is 2.46. The van der Waals surface area contributed by atoms with Gasteiger partial charge in [0, 0.05) is 19.1 Å². The van der Waals surface area contributed by atoms with E-state index in [-0.39, 0.29) is 19.1 Å². The molecule has 8 atom stereocenters. The van der Waals surface area contributed by atoms with Crippen LogP contribution in [0.4, 0.5) is 0 Å². The second-order valence-corrected chi connectivity index (χ2v) is 8.06. The second kappa shape index (κ2) is 9.52. The first-order valence-electron chi connectivity index (χ1n) is 8.81. The Hall–Kier alpha value is 0.0799. The van der Waals surface area contributed by atoms with Gasteiger partial charge in [0.2, 0.25) is 0 Å². The zero-order chi connectivity index (χ0) is 19.5. The van der Waals surface area contributed by atoms with E-state index in [1.807, 2.05) is 20.8 Å². The minimum atomic E-state index is -4.69. The molecule has 8 nitrogen and oxygen atoms in total. The number of rotatable bonds is 9. The van der Waals surface area contributed by atoms with E-state index in [0.717, 1.165) is 0 Å². The zero-order valence-corrected chi connectivity index (χ0v) is 16.5. The molecule has 0 saturated carbocycles. The Kier molecular flexibility index (Phi) is 8.19. The summed E-state index contributed by atoms with van der Waals surface area (Å²) < 4.78 is 44.7. The number of ether oxygens (including phenoxy) is 4. The lowest BCUT2D eigenvalue weighted by Gasteiger charge is -2.33. The van der Waals surface area contributed by atoms with E-state index in [1.54, 1.807) is 0 Å². The Morgan fingerprint density at radius 2 is 1.88 bits per heavy atom. The molecule has 2 fully saturated rings. The van der Waals surface area contributed by atoms with Crippen molar-refractivity contribution in [3.8, 4) is 0 Å². The summed E-state index contributed by atoms with van der Waals surface area (Å²) in [4.78, 5) is 12.5. The molecule has 2 rings (SSSR count). The number of phosphoric acid groups is 1. The fourth-order valence-electron chi connectivity index (χ4n) is 3.13. The van der Waals surface area contributed by atoms with Crippen LogP contribution in [0.5, 0.6) is 0 Å². The fourth-order valence-corrected chi connectivity index (χ4v) is 4.29. The van der Waals surface area contributed by atoms with Gasteiger partial charge in [-0.3, -0.25) is 4.57 Å². The lowest BCUT2D eigenvalue weighted by molar-refractivity contribution is -0.239. The molecule has 0 bridgehead atoms. The van der Waals surface area contributed by atoms with Gasteiger partial charge in [0.05, 0.1) is 24.9 Å². The van der Waals surface area contributed by atoms with E-state index in [0.29, 0.717) is 6.42 Å². The van der Waals surface area contributed by atoms with E-state index in [9.17, 15) is 9.46 Å². The van der Waals surface area contributed by atoms with Crippen molar-refractivity contribution in [1.29, 1.82) is 0 Å². The van der Waals surface area contributed by atoms with E-state index in [4.69, 9.17) is 43.7 Å². The molecule has 4 radical (unpaired) electrons. The summed E-state index contributed by atoms with van der Waals surface area (Å²) in [7, 11) is 8.31. The fraction of sp³-hybridized carbons (Fsp3) is 1.00. The molecule has 11 heteroatoms. The highest BCUT2D eigenvalue weighted by Crippen LogP contribution is 2.47. The largest absolute Gasteiger partial charge is 0.756 e. The third kappa shape index (κ3) is 5.79. The highest BCUT2D eigenvalue weighted by molar-refractivity contribution is 7.45. The number of phosphoric ester groups is 1. The van der Waals surface area contributed by atoms with Crippen LogP contribution in [0.1, 0.15) is 33.6 Å². The van der Waals surface area contributed by atoms with Crippen molar-refractivity contribution in [3.63, 3.8) is 0 Å². The SMILES string of the molecule is [B]C1CC(OP(=O)([O-])O[C@@H]2C(COC(C)C)OC([B])C2OC)C(CC)O1. The van der Waals surface area contributed by atoms with Crippen LogP contribution in [-0.2, 0) is 32.6 Å². The minimum absolute atomic E-state index is 0.0604. The first kappa shape index (κ1) is 22.4. The molecule has 0 aromatic carbocycles. The number of hydrogen-bond acceptors (Lipinski definition) is 8. The summed E-state index contributed by atoms with van der Waals surface area (Å²) in [5.41, 5.74) is 0. The average Bonchev–Trinajstić information content (AvgIpc) is 3.03. The molecular weight excluding hydrogens is 361 g/mol. The minimum Gasteiger partial charge on any atom is -0.756 e. The first-order chi connectivity index (χ1) is 12.2. The van der Waals surface area contributed by atoms with Crippen LogP contribution < -0.4 is 4.89 Å². The molecule has 146 valence electrons. The van der Waals surface area contributed by atoms with Crippen molar-refractivity contribution in [1.82, 2.24) is 0 Å². The van der Waals surface area contributed by atoms with Gasteiger partial charge in [-0.05, 0) is 26.7 Å². The Labute approximate surface area is 157 Å². The molecule has 2 saturated heterocycles. The summed E-state index contributed by atoms with van der Waals surface area (Å²) in [5.74, 6) is 0. The number of hydrogen-bond donors (Lipinski definition) is 0. The predicted molar refractivity (Wildman–Crippen MR) is 93.0 cm³/mol. The Morgan fingerprint density at radius 3 is 2.46 bits per heavy atom. The molecule has 0 amide bonds. The molecule has 2 aliphatic rings. The van der Waals surface area contributed by atoms with Gasteiger partial charge in [0.1, 0.15) is 34.0 Å². The average molecular weight is 387 g/mol. The van der Waals surface area contributed by atoms with Gasteiger partial charge in [-0.2, -0.15) is 0 Å². The van der Waals surface area contributed by atoms with Crippen molar-refractivity contribution < 1.29 is 37.5 Å². The highest BCUT2D eigenvalue weighted by atomic mass is 31.2. The Morgan fingerprint density at radius 1 is 1.19 bits per heavy atom. The standard InChI is InChI=1S/C15H27B2O8P/c1-5-9-10(6-12(16)22-9)24-26(18,19)25-13-11(7-21-8(2)3)23-15(17)14(13)20-4/h8-15H,5-7H2,1-4H3,(H,18,19)/p-1/t9?,10?,11?,12?,13-,14?,15?/m1/s1. The molecule has 7 unspecified atom stereocenters. The van der Waals surface area contributed by atoms with Crippen LogP contribution in [0.2, 0.25) is 0 Å². The molecule has 0 aromatic rings. The number of methoxy groups -OCH3 is 1. The van der Waals surface area contributed by atoms with Crippen molar-refractivity contribution in [2.24, 2.45) is 0 Å². The van der Waals surface area contributed by atoms with Crippen molar-refractivity contribution in [3.05, 3.63) is 0 Å². The summed E-state index contributed by atoms with van der Waals surface area (Å²) in [6.07, 6.45) is -2.78. The molecule has 0 aliphatic carbocycles. The quantitative estimate of drug-likeness (QED) is 0.411. The summed E-state index contributed by atoms with van der Waals surface area (Å²) in [6, 6.07) is -1.40. The topological polar surface area (TPSA) is 95.5 Å². The molecular formula is C15H26B2O8P-. The van der Waals surface area contributed by atoms with Crippen molar-refractivity contribution in [2.75, 3.05) is 13.7 Å². The van der Waals surface area contributed by atoms with Crippen molar-refractivity contribution >= 4 is 23.5 Å². The van der Waals surface area contributed by atoms with Gasteiger partial charge in [-0.15, -0.1) is 0 Å². The lowest BCUT2D eigenvalue weighted by Crippen LogP contribution is -2.40. The van der Waals surface area contributed by atoms with Crippen molar-refractivity contribution in [2.45, 2.75) is 82.2 Å². The molecule has 0 spiro atoms. The summed E-state index contributed by atoms with van der Waals surface area (Å²) in [5, 5.41) is 0. The maximum Gasteiger partial charge on any atom is 0.268 e. The van der Waals surface area contributed by atoms with Gasteiger partial charge < -0.3 is 32.9 Å². The van der Waals surface area contributed by atoms with Gasteiger partial charge in [0.25, 0.3) is 7.82 Å². The van der Waals surface area contributed by atoms with Gasteiger partial charge in [-0.25, -0.2) is 0 Å². The second-order valence-electron chi connectivity index (χ2n) is 6.74. The third-order valence-electron chi connectivity index (χ3n) is 4.36. The van der Waals surface area contributed by atoms with Gasteiger partial charge >= 0.3 is 0 Å². The van der Waals surface area contributed by atoms with Gasteiger partial charge in [-0.1, -0.05) is 6.92 Å². The van der Waals surface area contributed by atoms with Crippen LogP contribution >= 0.6 is 7.82 Å². The van der Waals surface area contributed by atoms with E-state index in [1.165, 1.54) is 7.11 Å². The van der Waals surface area contributed by atoms with E-state index >= 15 is 0 Å². The molecule has 2 heterocycles. The Balaban J connectivity index is 2.04. The molecule has 0 N–H and O–H groups in total. The normalized spacial score (nSPS) is 40.2. The van der Waals surface area contributed by atoms with E-state index in [2.05, 4.69) is 0 Å². The summed E-state index contributed by atoms with van der Waals surface area (Å²) in [6.45, 7) is 5.69. The molecule has 2 aliphatic heterocycles. The first-order valence-corrected chi connectivity index (χ1v) is 10.3. The monoisotopic (exact) mass is 387 g/mol.